The van der Waals surface area contributed by atoms with Gasteiger partial charge in [-0.3, -0.25) is 14.2 Å². The summed E-state index contributed by atoms with van der Waals surface area (Å²) in [6.07, 6.45) is 0.00164. The van der Waals surface area contributed by atoms with Crippen LogP contribution in [0.2, 0.25) is 0 Å². The van der Waals surface area contributed by atoms with Crippen LogP contribution in [0.25, 0.3) is 0 Å². The van der Waals surface area contributed by atoms with Crippen molar-refractivity contribution in [2.75, 3.05) is 28.4 Å². The zero-order valence-corrected chi connectivity index (χ0v) is 17.5. The van der Waals surface area contributed by atoms with Crippen molar-refractivity contribution in [1.29, 1.82) is 0 Å². The van der Waals surface area contributed by atoms with Gasteiger partial charge in [0.15, 0.2) is 0 Å². The lowest BCUT2D eigenvalue weighted by Gasteiger charge is -2.22. The zero-order valence-electron chi connectivity index (χ0n) is 16.6. The molecule has 156 valence electrons. The molecule has 28 heavy (non-hydrogen) atoms. The molecule has 0 fully saturated rings. The summed E-state index contributed by atoms with van der Waals surface area (Å²) in [5.74, 6) is -2.21. The number of benzene rings is 1. The van der Waals surface area contributed by atoms with Gasteiger partial charge in [-0.1, -0.05) is 19.1 Å². The van der Waals surface area contributed by atoms with Gasteiger partial charge in [-0.05, 0) is 23.6 Å². The number of methoxy groups -OCH3 is 2. The van der Waals surface area contributed by atoms with E-state index in [9.17, 15) is 18.9 Å². The molecule has 9 nitrogen and oxygen atoms in total. The van der Waals surface area contributed by atoms with E-state index < -0.39 is 37.4 Å². The first-order valence-corrected chi connectivity index (χ1v) is 10.2. The fraction of sp³-hybridized carbons (Fsp3) is 0.500. The normalized spacial score (nSPS) is 13.3. The van der Waals surface area contributed by atoms with E-state index in [0.29, 0.717) is 5.56 Å². The van der Waals surface area contributed by atoms with Crippen molar-refractivity contribution in [1.82, 2.24) is 5.32 Å². The van der Waals surface area contributed by atoms with Crippen LogP contribution in [0.4, 0.5) is 0 Å². The Kier molecular flexibility index (Phi) is 9.31. The fourth-order valence-corrected chi connectivity index (χ4v) is 3.50. The molecule has 1 aromatic rings. The Morgan fingerprint density at radius 3 is 2.04 bits per heavy atom. The smallest absolute Gasteiger partial charge is 0.334 e. The molecule has 0 saturated carbocycles. The first kappa shape index (κ1) is 23.8. The van der Waals surface area contributed by atoms with Gasteiger partial charge in [-0.25, -0.2) is 4.79 Å². The van der Waals surface area contributed by atoms with Crippen molar-refractivity contribution in [2.45, 2.75) is 25.5 Å². The average Bonchev–Trinajstić information content (AvgIpc) is 2.71. The molecular weight excluding hydrogens is 389 g/mol. The van der Waals surface area contributed by atoms with Crippen LogP contribution < -0.4 is 5.32 Å². The van der Waals surface area contributed by atoms with Gasteiger partial charge in [0.1, 0.15) is 6.04 Å². The molecule has 10 heteroatoms. The summed E-state index contributed by atoms with van der Waals surface area (Å²) < 4.78 is 31.3. The summed E-state index contributed by atoms with van der Waals surface area (Å²) >= 11 is 0. The van der Waals surface area contributed by atoms with E-state index >= 15 is 0 Å². The van der Waals surface area contributed by atoms with Crippen molar-refractivity contribution >= 4 is 25.4 Å². The van der Waals surface area contributed by atoms with Crippen LogP contribution in [0, 0.1) is 5.92 Å². The number of ether oxygens (including phenoxy) is 2. The Labute approximate surface area is 164 Å². The van der Waals surface area contributed by atoms with E-state index in [1.54, 1.807) is 19.1 Å². The first-order valence-electron chi connectivity index (χ1n) is 8.44. The molecule has 0 aliphatic carbocycles. The molecule has 0 aliphatic heterocycles. The summed E-state index contributed by atoms with van der Waals surface area (Å²) in [6, 6.07) is 5.27. The minimum atomic E-state index is -3.22. The van der Waals surface area contributed by atoms with Crippen LogP contribution in [0.15, 0.2) is 24.3 Å². The van der Waals surface area contributed by atoms with Crippen LogP contribution in [-0.2, 0) is 38.8 Å². The summed E-state index contributed by atoms with van der Waals surface area (Å²) in [5, 5.41) is 2.58. The van der Waals surface area contributed by atoms with Crippen molar-refractivity contribution in [2.24, 2.45) is 5.92 Å². The molecular formula is C18H26NO8P. The van der Waals surface area contributed by atoms with Crippen LogP contribution in [-0.4, -0.2) is 52.3 Å². The Hall–Kier alpha value is -2.22. The SMILES string of the molecule is COC(=O)C[C@@H](C)[C@H](NC(=O)c1ccc(CP(=O)(OC)OC)cc1)C(=O)OC. The van der Waals surface area contributed by atoms with Crippen LogP contribution in [0.1, 0.15) is 29.3 Å². The predicted octanol–water partition coefficient (Wildman–Crippen LogP) is 2.14. The fourth-order valence-electron chi connectivity index (χ4n) is 2.44. The number of carbonyl (C=O) groups is 3. The highest BCUT2D eigenvalue weighted by Gasteiger charge is 2.30. The monoisotopic (exact) mass is 415 g/mol. The third kappa shape index (κ3) is 6.74. The molecule has 0 heterocycles. The quantitative estimate of drug-likeness (QED) is 0.456. The van der Waals surface area contributed by atoms with Crippen LogP contribution in [0.5, 0.6) is 0 Å². The van der Waals surface area contributed by atoms with Gasteiger partial charge in [0, 0.05) is 19.8 Å². The largest absolute Gasteiger partial charge is 0.469 e. The standard InChI is InChI=1S/C18H26NO8P/c1-12(10-15(20)24-2)16(18(22)25-3)19-17(21)14-8-6-13(7-9-14)11-28(23,26-4)27-5/h6-9,12,16H,10-11H2,1-5H3,(H,19,21)/t12-,16+/m1/s1. The summed E-state index contributed by atoms with van der Waals surface area (Å²) in [4.78, 5) is 36.0. The van der Waals surface area contributed by atoms with Crippen molar-refractivity contribution in [3.8, 4) is 0 Å². The highest BCUT2D eigenvalue weighted by Crippen LogP contribution is 2.49. The predicted molar refractivity (Wildman–Crippen MR) is 101 cm³/mol. The lowest BCUT2D eigenvalue weighted by atomic mass is 9.97. The molecule has 0 spiro atoms. The number of hydrogen-bond donors (Lipinski definition) is 1. The Bertz CT molecular complexity index is 726. The summed E-state index contributed by atoms with van der Waals surface area (Å²) in [6.45, 7) is 1.63. The summed E-state index contributed by atoms with van der Waals surface area (Å²) in [5.41, 5.74) is 0.944. The van der Waals surface area contributed by atoms with Gasteiger partial charge in [0.2, 0.25) is 0 Å². The van der Waals surface area contributed by atoms with Crippen LogP contribution >= 0.6 is 7.60 Å². The van der Waals surface area contributed by atoms with Gasteiger partial charge in [-0.2, -0.15) is 0 Å². The van der Waals surface area contributed by atoms with Crippen LogP contribution in [0.3, 0.4) is 0 Å². The topological polar surface area (TPSA) is 117 Å². The number of carbonyl (C=O) groups excluding carboxylic acids is 3. The van der Waals surface area contributed by atoms with Gasteiger partial charge in [0.25, 0.3) is 5.91 Å². The second kappa shape index (κ2) is 10.9. The highest BCUT2D eigenvalue weighted by molar-refractivity contribution is 7.52. The number of esters is 2. The van der Waals surface area contributed by atoms with E-state index in [2.05, 4.69) is 10.1 Å². The second-order valence-corrected chi connectivity index (χ2v) is 8.33. The second-order valence-electron chi connectivity index (χ2n) is 6.06. The van der Waals surface area contributed by atoms with Gasteiger partial charge < -0.3 is 23.8 Å². The number of nitrogens with one attached hydrogen (secondary N) is 1. The maximum atomic E-state index is 12.5. The number of rotatable bonds is 10. The maximum Gasteiger partial charge on any atom is 0.334 e. The molecule has 1 rings (SSSR count). The maximum absolute atomic E-state index is 12.5. The van der Waals surface area contributed by atoms with Gasteiger partial charge in [0.05, 0.1) is 26.8 Å². The molecule has 1 aromatic carbocycles. The van der Waals surface area contributed by atoms with E-state index in [1.165, 1.54) is 40.6 Å². The molecule has 2 atom stereocenters. The Morgan fingerprint density at radius 2 is 1.57 bits per heavy atom. The molecule has 0 saturated heterocycles. The highest BCUT2D eigenvalue weighted by atomic mass is 31.2. The minimum absolute atomic E-state index is 0.0567. The molecule has 0 bridgehead atoms. The van der Waals surface area contributed by atoms with E-state index in [-0.39, 0.29) is 18.1 Å². The lowest BCUT2D eigenvalue weighted by Crippen LogP contribution is -2.46. The number of amides is 1. The summed E-state index contributed by atoms with van der Waals surface area (Å²) in [7, 11) is 1.83. The lowest BCUT2D eigenvalue weighted by molar-refractivity contribution is -0.146. The Balaban J connectivity index is 2.89. The van der Waals surface area contributed by atoms with Crippen molar-refractivity contribution in [3.63, 3.8) is 0 Å². The van der Waals surface area contributed by atoms with Gasteiger partial charge in [-0.15, -0.1) is 0 Å². The molecule has 0 aliphatic rings. The molecule has 1 N–H and O–H groups in total. The molecule has 0 unspecified atom stereocenters. The zero-order chi connectivity index (χ0) is 21.3. The van der Waals surface area contributed by atoms with E-state index in [0.717, 1.165) is 0 Å². The molecule has 0 radical (unpaired) electrons. The Morgan fingerprint density at radius 1 is 1.00 bits per heavy atom. The first-order chi connectivity index (χ1) is 13.2. The van der Waals surface area contributed by atoms with E-state index in [1.807, 2.05) is 0 Å². The van der Waals surface area contributed by atoms with Crippen molar-refractivity contribution < 1.29 is 37.5 Å². The van der Waals surface area contributed by atoms with Crippen molar-refractivity contribution in [3.05, 3.63) is 35.4 Å². The number of hydrogen-bond acceptors (Lipinski definition) is 8. The third-order valence-electron chi connectivity index (χ3n) is 4.18. The molecule has 0 aromatic heterocycles. The third-order valence-corrected chi connectivity index (χ3v) is 6.04. The average molecular weight is 415 g/mol. The van der Waals surface area contributed by atoms with E-state index in [4.69, 9.17) is 13.8 Å². The molecule has 1 amide bonds. The van der Waals surface area contributed by atoms with Gasteiger partial charge >= 0.3 is 19.5 Å². The minimum Gasteiger partial charge on any atom is -0.469 e.